The lowest BCUT2D eigenvalue weighted by molar-refractivity contribution is 0.278. The number of ether oxygens (including phenoxy) is 1. The van der Waals surface area contributed by atoms with E-state index >= 15 is 0 Å². The van der Waals surface area contributed by atoms with Crippen molar-refractivity contribution in [2.75, 3.05) is 18.6 Å². The largest absolute Gasteiger partial charge is 0.497 e. The zero-order valence-corrected chi connectivity index (χ0v) is 24.9. The molecule has 2 atom stereocenters. The van der Waals surface area contributed by atoms with Gasteiger partial charge in [0.25, 0.3) is 0 Å². The number of hydrogen-bond acceptors (Lipinski definition) is 4. The highest BCUT2D eigenvalue weighted by Crippen LogP contribution is 2.49. The Morgan fingerprint density at radius 2 is 1.67 bits per heavy atom. The summed E-state index contributed by atoms with van der Waals surface area (Å²) in [5.74, 6) is 1.16. The van der Waals surface area contributed by atoms with Gasteiger partial charge < -0.3 is 9.64 Å². The summed E-state index contributed by atoms with van der Waals surface area (Å²) in [6, 6.07) is 19.7. The number of hydrogen-bond donors (Lipinski definition) is 1. The average Bonchev–Trinajstić information content (AvgIpc) is 3.22. The van der Waals surface area contributed by atoms with Crippen molar-refractivity contribution in [3.63, 3.8) is 0 Å². The van der Waals surface area contributed by atoms with Crippen molar-refractivity contribution in [3.05, 3.63) is 82.3 Å². The molecule has 210 valence electrons. The first-order valence-corrected chi connectivity index (χ1v) is 16.0. The molecule has 2 bridgehead atoms. The van der Waals surface area contributed by atoms with Gasteiger partial charge in [-0.05, 0) is 91.3 Å². The van der Waals surface area contributed by atoms with Gasteiger partial charge >= 0.3 is 0 Å². The summed E-state index contributed by atoms with van der Waals surface area (Å²) in [6.07, 6.45) is 7.91. The van der Waals surface area contributed by atoms with Crippen LogP contribution in [0.5, 0.6) is 5.75 Å². The molecule has 5 rings (SSSR count). The average molecular weight is 549 g/mol. The molecule has 0 radical (unpaired) electrons. The predicted octanol–water partition coefficient (Wildman–Crippen LogP) is 6.97. The first kappa shape index (κ1) is 28.0. The minimum absolute atomic E-state index is 0.155. The Kier molecular flexibility index (Phi) is 7.98. The normalized spacial score (nSPS) is 25.4. The molecular formula is C33H44N2O3S. The van der Waals surface area contributed by atoms with E-state index in [1.165, 1.54) is 5.69 Å². The smallest absolute Gasteiger partial charge is 0.240 e. The lowest BCUT2D eigenvalue weighted by Crippen LogP contribution is -2.54. The van der Waals surface area contributed by atoms with Crippen molar-refractivity contribution in [2.45, 2.75) is 83.7 Å². The van der Waals surface area contributed by atoms with Crippen molar-refractivity contribution in [1.82, 2.24) is 4.72 Å². The Bertz CT molecular complexity index is 1330. The van der Waals surface area contributed by atoms with E-state index in [0.29, 0.717) is 23.5 Å². The Labute approximate surface area is 235 Å². The number of nitrogens with zero attached hydrogens (tertiary/aromatic N) is 1. The van der Waals surface area contributed by atoms with Gasteiger partial charge in [-0.15, -0.1) is 0 Å². The molecule has 1 N–H and O–H groups in total. The molecule has 2 aromatic rings. The molecule has 3 aliphatic rings. The lowest BCUT2D eigenvalue weighted by Gasteiger charge is -2.48. The van der Waals surface area contributed by atoms with Crippen LogP contribution in [0.3, 0.4) is 0 Å². The highest BCUT2D eigenvalue weighted by atomic mass is 32.2. The zero-order valence-electron chi connectivity index (χ0n) is 24.1. The summed E-state index contributed by atoms with van der Waals surface area (Å²) >= 11 is 0. The second kappa shape index (κ2) is 11.1. The molecule has 0 saturated carbocycles. The summed E-state index contributed by atoms with van der Waals surface area (Å²) in [7, 11) is -2.00. The number of allylic oxidation sites excluding steroid dienone is 3. The van der Waals surface area contributed by atoms with Gasteiger partial charge in [0.15, 0.2) is 0 Å². The van der Waals surface area contributed by atoms with Crippen molar-refractivity contribution in [1.29, 1.82) is 0 Å². The number of fused-ring (bicyclic) bond motifs is 2. The van der Waals surface area contributed by atoms with Gasteiger partial charge in [0, 0.05) is 29.7 Å². The first-order chi connectivity index (χ1) is 18.6. The fraction of sp³-hybridized carbons (Fsp3) is 0.515. The number of sulfonamides is 1. The molecule has 2 aromatic carbocycles. The van der Waals surface area contributed by atoms with E-state index in [2.05, 4.69) is 85.9 Å². The maximum atomic E-state index is 14.2. The third-order valence-electron chi connectivity index (χ3n) is 9.13. The van der Waals surface area contributed by atoms with Gasteiger partial charge in [0.2, 0.25) is 10.0 Å². The topological polar surface area (TPSA) is 58.6 Å². The van der Waals surface area contributed by atoms with E-state index in [1.54, 1.807) is 7.11 Å². The minimum Gasteiger partial charge on any atom is -0.497 e. The number of para-hydroxylation sites is 1. The molecule has 5 nitrogen and oxygen atoms in total. The molecule has 2 saturated heterocycles. The lowest BCUT2D eigenvalue weighted by atomic mass is 9.70. The fourth-order valence-electron chi connectivity index (χ4n) is 7.26. The molecule has 2 fully saturated rings. The van der Waals surface area contributed by atoms with Crippen LogP contribution in [-0.2, 0) is 15.4 Å². The van der Waals surface area contributed by atoms with Gasteiger partial charge in [-0.25, -0.2) is 13.1 Å². The number of anilines is 1. The third-order valence-corrected chi connectivity index (χ3v) is 10.7. The molecule has 39 heavy (non-hydrogen) atoms. The molecule has 1 aliphatic carbocycles. The van der Waals surface area contributed by atoms with Crippen LogP contribution in [0.15, 0.2) is 76.7 Å². The van der Waals surface area contributed by atoms with Crippen LogP contribution in [0.4, 0.5) is 5.69 Å². The van der Waals surface area contributed by atoms with E-state index < -0.39 is 10.0 Å². The van der Waals surface area contributed by atoms with Crippen LogP contribution in [0.1, 0.15) is 71.8 Å². The predicted molar refractivity (Wildman–Crippen MR) is 161 cm³/mol. The highest BCUT2D eigenvalue weighted by molar-refractivity contribution is 7.93. The SMILES string of the molecule is COc1cccc(C2(CNS(=O)(=O)C3=C(C(C)C)CCC=C3C(C)C)CC3CCC(C2)N3c2ccccc2)c1. The van der Waals surface area contributed by atoms with Gasteiger partial charge in [0.1, 0.15) is 5.75 Å². The van der Waals surface area contributed by atoms with Crippen LogP contribution in [0.25, 0.3) is 0 Å². The molecule has 6 heteroatoms. The second-order valence-electron chi connectivity index (χ2n) is 12.2. The van der Waals surface area contributed by atoms with Gasteiger partial charge in [0.05, 0.1) is 12.0 Å². The summed E-state index contributed by atoms with van der Waals surface area (Å²) < 4.78 is 37.1. The zero-order chi connectivity index (χ0) is 27.8. The molecule has 0 spiro atoms. The van der Waals surface area contributed by atoms with Crippen molar-refractivity contribution < 1.29 is 13.2 Å². The number of benzene rings is 2. The minimum atomic E-state index is -3.70. The van der Waals surface area contributed by atoms with Gasteiger partial charge in [-0.3, -0.25) is 0 Å². The highest BCUT2D eigenvalue weighted by Gasteiger charge is 2.50. The molecule has 0 aromatic heterocycles. The molecule has 2 aliphatic heterocycles. The maximum Gasteiger partial charge on any atom is 0.240 e. The summed E-state index contributed by atoms with van der Waals surface area (Å²) in [4.78, 5) is 3.14. The Balaban J connectivity index is 1.51. The molecular weight excluding hydrogens is 504 g/mol. The van der Waals surface area contributed by atoms with Gasteiger partial charge in [-0.2, -0.15) is 0 Å². The summed E-state index contributed by atoms with van der Waals surface area (Å²) in [6.45, 7) is 8.81. The van der Waals surface area contributed by atoms with Crippen LogP contribution in [0, 0.1) is 11.8 Å². The number of nitrogens with one attached hydrogen (secondary N) is 1. The van der Waals surface area contributed by atoms with E-state index in [9.17, 15) is 8.42 Å². The monoisotopic (exact) mass is 548 g/mol. The van der Waals surface area contributed by atoms with Gasteiger partial charge in [-0.1, -0.05) is 64.1 Å². The van der Waals surface area contributed by atoms with Crippen LogP contribution in [-0.4, -0.2) is 34.2 Å². The van der Waals surface area contributed by atoms with Crippen LogP contribution >= 0.6 is 0 Å². The molecule has 0 amide bonds. The van der Waals surface area contributed by atoms with E-state index in [-0.39, 0.29) is 17.3 Å². The summed E-state index contributed by atoms with van der Waals surface area (Å²) in [5, 5.41) is 0. The first-order valence-electron chi connectivity index (χ1n) is 14.6. The summed E-state index contributed by atoms with van der Waals surface area (Å²) in [5.41, 5.74) is 4.14. The van der Waals surface area contributed by atoms with E-state index in [4.69, 9.17) is 4.74 Å². The molecule has 2 unspecified atom stereocenters. The Morgan fingerprint density at radius 1 is 0.974 bits per heavy atom. The second-order valence-corrected chi connectivity index (χ2v) is 13.9. The third kappa shape index (κ3) is 5.43. The van der Waals surface area contributed by atoms with E-state index in [1.807, 2.05) is 12.1 Å². The van der Waals surface area contributed by atoms with E-state index in [0.717, 1.165) is 61.0 Å². The quantitative estimate of drug-likeness (QED) is 0.368. The maximum absolute atomic E-state index is 14.2. The molecule has 2 heterocycles. The van der Waals surface area contributed by atoms with Crippen molar-refractivity contribution in [2.24, 2.45) is 11.8 Å². The number of piperidine rings is 1. The standard InChI is InChI=1S/C33H44N2O3S/c1-23(2)30-15-10-16-31(24(3)4)32(30)39(36,37)34-22-33(25-11-9-14-29(19-25)38-5)20-27-17-18-28(21-33)35(27)26-12-7-6-8-13-26/h6-9,11-15,19,23-24,27-28,34H,10,16-18,20-22H2,1-5H3. The van der Waals surface area contributed by atoms with Crippen molar-refractivity contribution in [3.8, 4) is 5.75 Å². The fourth-order valence-corrected chi connectivity index (χ4v) is 9.18. The number of methoxy groups -OCH3 is 1. The Morgan fingerprint density at radius 3 is 2.28 bits per heavy atom. The van der Waals surface area contributed by atoms with Crippen LogP contribution < -0.4 is 14.4 Å². The Hall–Kier alpha value is -2.57. The van der Waals surface area contributed by atoms with Crippen molar-refractivity contribution >= 4 is 15.7 Å². The van der Waals surface area contributed by atoms with Crippen LogP contribution in [0.2, 0.25) is 0 Å². The number of rotatable bonds is 9.